The van der Waals surface area contributed by atoms with Crippen molar-refractivity contribution in [1.82, 2.24) is 10.4 Å². The maximum absolute atomic E-state index is 12.4. The predicted molar refractivity (Wildman–Crippen MR) is 138 cm³/mol. The lowest BCUT2D eigenvalue weighted by molar-refractivity contribution is 0.0955. The Morgan fingerprint density at radius 1 is 1.09 bits per heavy atom. The van der Waals surface area contributed by atoms with E-state index >= 15 is 0 Å². The second kappa shape index (κ2) is 10.4. The molecular formula is C25H21BrN4O2S. The number of carbonyl (C=O) groups excluding carboxylic acids is 1. The van der Waals surface area contributed by atoms with Crippen LogP contribution in [-0.4, -0.2) is 24.2 Å². The highest BCUT2D eigenvalue weighted by Crippen LogP contribution is 2.27. The van der Waals surface area contributed by atoms with Crippen molar-refractivity contribution in [3.63, 3.8) is 0 Å². The van der Waals surface area contributed by atoms with Gasteiger partial charge >= 0.3 is 0 Å². The number of aromatic nitrogens is 1. The summed E-state index contributed by atoms with van der Waals surface area (Å²) >= 11 is 4.95. The van der Waals surface area contributed by atoms with Crippen LogP contribution in [0.2, 0.25) is 0 Å². The highest BCUT2D eigenvalue weighted by Gasteiger charge is 2.08. The first-order chi connectivity index (χ1) is 16.0. The minimum absolute atomic E-state index is 0.299. The number of nitrogens with one attached hydrogen (secondary N) is 2. The van der Waals surface area contributed by atoms with E-state index in [4.69, 9.17) is 4.74 Å². The molecule has 4 aromatic rings. The standard InChI is InChI=1S/C25H21BrN4O2S/c1-16-3-10-21(11-4-16)28-25-29-22(15-33-25)17-5-7-18(8-6-17)24(31)30-27-14-19-13-20(26)9-12-23(19)32-2/h3-15H,1-2H3,(H,28,29)(H,30,31)/b27-14-. The van der Waals surface area contributed by atoms with E-state index in [1.807, 2.05) is 47.8 Å². The molecule has 0 unspecified atom stereocenters. The Hall–Kier alpha value is -3.49. The molecule has 2 N–H and O–H groups in total. The van der Waals surface area contributed by atoms with Gasteiger partial charge in [0.2, 0.25) is 0 Å². The summed E-state index contributed by atoms with van der Waals surface area (Å²) in [6, 6.07) is 21.0. The molecule has 0 atom stereocenters. The molecule has 8 heteroatoms. The Kier molecular flexibility index (Phi) is 7.16. The number of anilines is 2. The van der Waals surface area contributed by atoms with Crippen molar-refractivity contribution in [2.24, 2.45) is 5.10 Å². The van der Waals surface area contributed by atoms with E-state index in [-0.39, 0.29) is 5.91 Å². The van der Waals surface area contributed by atoms with Crippen LogP contribution in [0.15, 0.2) is 81.7 Å². The Morgan fingerprint density at radius 3 is 2.58 bits per heavy atom. The molecule has 0 aliphatic heterocycles. The molecule has 6 nitrogen and oxygen atoms in total. The molecule has 1 amide bonds. The number of benzene rings is 3. The Bertz CT molecular complexity index is 1280. The molecule has 4 rings (SSSR count). The number of halogens is 1. The molecule has 3 aromatic carbocycles. The van der Waals surface area contributed by atoms with Crippen LogP contribution in [0.1, 0.15) is 21.5 Å². The number of nitrogens with zero attached hydrogens (tertiary/aromatic N) is 2. The van der Waals surface area contributed by atoms with Crippen molar-refractivity contribution in [3.05, 3.63) is 93.3 Å². The van der Waals surface area contributed by atoms with E-state index in [0.29, 0.717) is 11.3 Å². The van der Waals surface area contributed by atoms with Crippen molar-refractivity contribution in [1.29, 1.82) is 0 Å². The number of hydrazone groups is 1. The van der Waals surface area contributed by atoms with Gasteiger partial charge < -0.3 is 10.1 Å². The van der Waals surface area contributed by atoms with Crippen molar-refractivity contribution in [2.45, 2.75) is 6.92 Å². The van der Waals surface area contributed by atoms with Crippen molar-refractivity contribution >= 4 is 50.2 Å². The predicted octanol–water partition coefficient (Wildman–Crippen LogP) is 6.40. The second-order valence-corrected chi connectivity index (χ2v) is 8.97. The summed E-state index contributed by atoms with van der Waals surface area (Å²) in [5, 5.41) is 10.2. The number of aryl methyl sites for hydroxylation is 1. The van der Waals surface area contributed by atoms with Crippen LogP contribution in [0.4, 0.5) is 10.8 Å². The molecule has 1 heterocycles. The smallest absolute Gasteiger partial charge is 0.271 e. The molecular weight excluding hydrogens is 500 g/mol. The lowest BCUT2D eigenvalue weighted by Gasteiger charge is -2.05. The van der Waals surface area contributed by atoms with Crippen molar-refractivity contribution in [2.75, 3.05) is 12.4 Å². The number of ether oxygens (including phenoxy) is 1. The van der Waals surface area contributed by atoms with Crippen LogP contribution in [0.3, 0.4) is 0 Å². The molecule has 0 radical (unpaired) electrons. The lowest BCUT2D eigenvalue weighted by Crippen LogP contribution is -2.17. The van der Waals surface area contributed by atoms with E-state index in [0.717, 1.165) is 32.1 Å². The lowest BCUT2D eigenvalue weighted by atomic mass is 10.1. The van der Waals surface area contributed by atoms with Crippen LogP contribution in [0.5, 0.6) is 5.75 Å². The maximum Gasteiger partial charge on any atom is 0.271 e. The van der Waals surface area contributed by atoms with Gasteiger partial charge in [0.1, 0.15) is 5.75 Å². The van der Waals surface area contributed by atoms with Crippen LogP contribution >= 0.6 is 27.3 Å². The molecule has 166 valence electrons. The number of hydrogen-bond acceptors (Lipinski definition) is 6. The fraction of sp³-hybridized carbons (Fsp3) is 0.0800. The number of carbonyl (C=O) groups is 1. The second-order valence-electron chi connectivity index (χ2n) is 7.19. The maximum atomic E-state index is 12.4. The average Bonchev–Trinajstić information content (AvgIpc) is 3.29. The molecule has 0 aliphatic rings. The molecule has 0 spiro atoms. The molecule has 0 saturated carbocycles. The van der Waals surface area contributed by atoms with E-state index in [1.54, 1.807) is 25.5 Å². The van der Waals surface area contributed by atoms with Crippen LogP contribution in [0, 0.1) is 6.92 Å². The van der Waals surface area contributed by atoms with Crippen molar-refractivity contribution in [3.8, 4) is 17.0 Å². The van der Waals surface area contributed by atoms with E-state index in [2.05, 4.69) is 55.8 Å². The molecule has 0 aliphatic carbocycles. The molecule has 1 aromatic heterocycles. The SMILES string of the molecule is COc1ccc(Br)cc1/C=N\NC(=O)c1ccc(-c2csc(Nc3ccc(C)cc3)n2)cc1. The summed E-state index contributed by atoms with van der Waals surface area (Å²) in [6.45, 7) is 2.06. The van der Waals surface area contributed by atoms with Crippen LogP contribution < -0.4 is 15.5 Å². The van der Waals surface area contributed by atoms with Gasteiger partial charge in [0, 0.05) is 32.2 Å². The largest absolute Gasteiger partial charge is 0.496 e. The topological polar surface area (TPSA) is 75.6 Å². The zero-order valence-corrected chi connectivity index (χ0v) is 20.4. The minimum Gasteiger partial charge on any atom is -0.496 e. The quantitative estimate of drug-likeness (QED) is 0.218. The third-order valence-corrected chi connectivity index (χ3v) is 6.06. The van der Waals surface area contributed by atoms with E-state index < -0.39 is 0 Å². The third-order valence-electron chi connectivity index (χ3n) is 4.81. The number of thiazole rings is 1. The van der Waals surface area contributed by atoms with E-state index in [9.17, 15) is 4.79 Å². The van der Waals surface area contributed by atoms with Gasteiger partial charge in [-0.1, -0.05) is 45.8 Å². The zero-order chi connectivity index (χ0) is 23.2. The Balaban J connectivity index is 1.39. The van der Waals surface area contributed by atoms with E-state index in [1.165, 1.54) is 16.9 Å². The van der Waals surface area contributed by atoms with Gasteiger partial charge in [0.25, 0.3) is 5.91 Å². The first kappa shape index (κ1) is 22.7. The number of rotatable bonds is 7. The summed E-state index contributed by atoms with van der Waals surface area (Å²) in [5.74, 6) is 0.367. The molecule has 0 saturated heterocycles. The summed E-state index contributed by atoms with van der Waals surface area (Å²) in [7, 11) is 1.59. The average molecular weight is 521 g/mol. The molecule has 33 heavy (non-hydrogen) atoms. The third kappa shape index (κ3) is 5.85. The van der Waals surface area contributed by atoms with Gasteiger partial charge in [-0.3, -0.25) is 4.79 Å². The summed E-state index contributed by atoms with van der Waals surface area (Å²) in [5.41, 5.74) is 7.79. The van der Waals surface area contributed by atoms with Crippen molar-refractivity contribution < 1.29 is 9.53 Å². The number of amides is 1. The van der Waals surface area contributed by atoms with Gasteiger partial charge in [-0.15, -0.1) is 11.3 Å². The van der Waals surface area contributed by atoms with Gasteiger partial charge in [-0.2, -0.15) is 5.10 Å². The Labute approximate surface area is 204 Å². The molecule has 0 fully saturated rings. The van der Waals surface area contributed by atoms with Gasteiger partial charge in [0.15, 0.2) is 5.13 Å². The number of hydrogen-bond donors (Lipinski definition) is 2. The summed E-state index contributed by atoms with van der Waals surface area (Å²) in [6.07, 6.45) is 1.55. The van der Waals surface area contributed by atoms with Crippen LogP contribution in [-0.2, 0) is 0 Å². The fourth-order valence-electron chi connectivity index (χ4n) is 3.05. The van der Waals surface area contributed by atoms with Gasteiger partial charge in [0.05, 0.1) is 19.0 Å². The minimum atomic E-state index is -0.299. The number of methoxy groups -OCH3 is 1. The highest BCUT2D eigenvalue weighted by atomic mass is 79.9. The van der Waals surface area contributed by atoms with Gasteiger partial charge in [-0.05, 0) is 49.4 Å². The fourth-order valence-corrected chi connectivity index (χ4v) is 4.17. The first-order valence-corrected chi connectivity index (χ1v) is 11.8. The van der Waals surface area contributed by atoms with Crippen LogP contribution in [0.25, 0.3) is 11.3 Å². The first-order valence-electron chi connectivity index (χ1n) is 10.1. The van der Waals surface area contributed by atoms with Gasteiger partial charge in [-0.25, -0.2) is 10.4 Å². The summed E-state index contributed by atoms with van der Waals surface area (Å²) in [4.78, 5) is 17.1. The normalized spacial score (nSPS) is 10.9. The highest BCUT2D eigenvalue weighted by molar-refractivity contribution is 9.10. The monoisotopic (exact) mass is 520 g/mol. The zero-order valence-electron chi connectivity index (χ0n) is 18.0. The molecule has 0 bridgehead atoms. The summed E-state index contributed by atoms with van der Waals surface area (Å²) < 4.78 is 6.20. The Morgan fingerprint density at radius 2 is 1.85 bits per heavy atom.